The van der Waals surface area contributed by atoms with E-state index in [4.69, 9.17) is 23.2 Å². The second-order valence-corrected chi connectivity index (χ2v) is 7.17. The van der Waals surface area contributed by atoms with Crippen LogP contribution < -0.4 is 0 Å². The number of fused-ring (bicyclic) bond motifs is 2. The largest absolute Gasteiger partial charge is 0.334 e. The lowest BCUT2D eigenvalue weighted by Gasteiger charge is -2.40. The SMILES string of the molecule is CCC(=O)N1C2CCC1CN(C/C=C/c1cc(Cl)ccc1Cl)C2. The molecule has 0 saturated carbocycles. The van der Waals surface area contributed by atoms with Gasteiger partial charge in [0.05, 0.1) is 0 Å². The molecule has 5 heteroatoms. The van der Waals surface area contributed by atoms with Crippen molar-refractivity contribution >= 4 is 35.2 Å². The number of nitrogens with zero attached hydrogens (tertiary/aromatic N) is 2. The van der Waals surface area contributed by atoms with Crippen molar-refractivity contribution in [3.8, 4) is 0 Å². The summed E-state index contributed by atoms with van der Waals surface area (Å²) >= 11 is 12.2. The molecule has 0 radical (unpaired) electrons. The van der Waals surface area contributed by atoms with E-state index in [1.54, 1.807) is 6.07 Å². The molecule has 3 rings (SSSR count). The fourth-order valence-corrected chi connectivity index (χ4v) is 4.06. The minimum atomic E-state index is 0.304. The zero-order valence-electron chi connectivity index (χ0n) is 13.3. The third kappa shape index (κ3) is 3.73. The summed E-state index contributed by atoms with van der Waals surface area (Å²) in [5, 5.41) is 1.41. The van der Waals surface area contributed by atoms with Crippen LogP contribution in [0.5, 0.6) is 0 Å². The second kappa shape index (κ2) is 7.25. The summed E-state index contributed by atoms with van der Waals surface area (Å²) in [6.07, 6.45) is 7.04. The van der Waals surface area contributed by atoms with Crippen molar-refractivity contribution in [3.05, 3.63) is 39.9 Å². The summed E-state index contributed by atoms with van der Waals surface area (Å²) in [4.78, 5) is 16.6. The number of carbonyl (C=O) groups is 1. The van der Waals surface area contributed by atoms with Crippen LogP contribution in [-0.4, -0.2) is 47.4 Å². The Morgan fingerprint density at radius 2 is 1.96 bits per heavy atom. The van der Waals surface area contributed by atoms with Gasteiger partial charge in [0.15, 0.2) is 0 Å². The number of hydrogen-bond donors (Lipinski definition) is 0. The molecule has 3 nitrogen and oxygen atoms in total. The molecule has 2 heterocycles. The zero-order chi connectivity index (χ0) is 16.4. The van der Waals surface area contributed by atoms with E-state index in [9.17, 15) is 4.79 Å². The van der Waals surface area contributed by atoms with Gasteiger partial charge in [-0.05, 0) is 36.6 Å². The van der Waals surface area contributed by atoms with E-state index in [0.717, 1.165) is 38.0 Å². The number of hydrogen-bond acceptors (Lipinski definition) is 2. The lowest BCUT2D eigenvalue weighted by atomic mass is 10.1. The maximum Gasteiger partial charge on any atom is 0.222 e. The zero-order valence-corrected chi connectivity index (χ0v) is 14.9. The van der Waals surface area contributed by atoms with Crippen molar-refractivity contribution in [1.82, 2.24) is 9.80 Å². The molecule has 2 saturated heterocycles. The third-order valence-electron chi connectivity index (χ3n) is 4.77. The number of rotatable bonds is 4. The van der Waals surface area contributed by atoms with Crippen LogP contribution in [0.3, 0.4) is 0 Å². The molecule has 0 aliphatic carbocycles. The summed E-state index contributed by atoms with van der Waals surface area (Å²) in [6, 6.07) is 6.28. The van der Waals surface area contributed by atoms with E-state index >= 15 is 0 Å². The number of benzene rings is 1. The van der Waals surface area contributed by atoms with Crippen molar-refractivity contribution < 1.29 is 4.79 Å². The average Bonchev–Trinajstić information content (AvgIpc) is 2.81. The van der Waals surface area contributed by atoms with Gasteiger partial charge in [0, 0.05) is 48.2 Å². The standard InChI is InChI=1S/C18H22Cl2N2O/c1-2-18(23)22-15-6-7-16(22)12-21(11-15)9-3-4-13-10-14(19)5-8-17(13)20/h3-5,8,10,15-16H,2,6-7,9,11-12H2,1H3/b4-3+. The van der Waals surface area contributed by atoms with Gasteiger partial charge < -0.3 is 4.90 Å². The molecule has 124 valence electrons. The van der Waals surface area contributed by atoms with Gasteiger partial charge in [0.1, 0.15) is 0 Å². The number of carbonyl (C=O) groups excluding carboxylic acids is 1. The first-order valence-electron chi connectivity index (χ1n) is 8.23. The fraction of sp³-hybridized carbons (Fsp3) is 0.500. The molecular weight excluding hydrogens is 331 g/mol. The summed E-state index contributed by atoms with van der Waals surface area (Å²) in [5.41, 5.74) is 0.946. The van der Waals surface area contributed by atoms with Crippen LogP contribution in [-0.2, 0) is 4.79 Å². The molecule has 1 aromatic carbocycles. The van der Waals surface area contributed by atoms with Gasteiger partial charge in [-0.2, -0.15) is 0 Å². The van der Waals surface area contributed by atoms with Crippen molar-refractivity contribution in [2.45, 2.75) is 38.3 Å². The van der Waals surface area contributed by atoms with E-state index in [1.807, 2.05) is 25.1 Å². The summed E-state index contributed by atoms with van der Waals surface area (Å²) in [7, 11) is 0. The maximum absolute atomic E-state index is 12.1. The Kier molecular flexibility index (Phi) is 5.30. The van der Waals surface area contributed by atoms with E-state index < -0.39 is 0 Å². The monoisotopic (exact) mass is 352 g/mol. The predicted molar refractivity (Wildman–Crippen MR) is 95.9 cm³/mol. The van der Waals surface area contributed by atoms with Crippen LogP contribution in [0.25, 0.3) is 6.08 Å². The summed E-state index contributed by atoms with van der Waals surface area (Å²) in [5.74, 6) is 0.304. The molecule has 1 aromatic rings. The molecular formula is C18H22Cl2N2O. The maximum atomic E-state index is 12.1. The molecule has 2 fully saturated rings. The third-order valence-corrected chi connectivity index (χ3v) is 5.35. The highest BCUT2D eigenvalue weighted by atomic mass is 35.5. The lowest BCUT2D eigenvalue weighted by molar-refractivity contribution is -0.136. The first kappa shape index (κ1) is 16.8. The Hall–Kier alpha value is -1.03. The number of likely N-dealkylation sites (tertiary alicyclic amines) is 1. The molecule has 23 heavy (non-hydrogen) atoms. The first-order valence-corrected chi connectivity index (χ1v) is 8.99. The molecule has 2 bridgehead atoms. The number of halogens is 2. The van der Waals surface area contributed by atoms with E-state index in [1.165, 1.54) is 0 Å². The normalized spacial score (nSPS) is 24.6. The molecule has 2 aliphatic rings. The Labute approximate surface area is 147 Å². The van der Waals surface area contributed by atoms with Gasteiger partial charge in [0.2, 0.25) is 5.91 Å². The van der Waals surface area contributed by atoms with Crippen LogP contribution in [0, 0.1) is 0 Å². The predicted octanol–water partition coefficient (Wildman–Crippen LogP) is 4.09. The van der Waals surface area contributed by atoms with Crippen molar-refractivity contribution in [2.75, 3.05) is 19.6 Å². The Morgan fingerprint density at radius 3 is 2.61 bits per heavy atom. The smallest absolute Gasteiger partial charge is 0.222 e. The summed E-state index contributed by atoms with van der Waals surface area (Å²) in [6.45, 7) is 4.77. The second-order valence-electron chi connectivity index (χ2n) is 6.33. The van der Waals surface area contributed by atoms with Crippen molar-refractivity contribution in [3.63, 3.8) is 0 Å². The van der Waals surface area contributed by atoms with Crippen LogP contribution in [0.15, 0.2) is 24.3 Å². The highest BCUT2D eigenvalue weighted by Crippen LogP contribution is 2.30. The fourth-order valence-electron chi connectivity index (χ4n) is 3.70. The van der Waals surface area contributed by atoms with Crippen LogP contribution in [0.4, 0.5) is 0 Å². The average molecular weight is 353 g/mol. The topological polar surface area (TPSA) is 23.6 Å². The molecule has 0 spiro atoms. The number of piperazine rings is 1. The molecule has 0 aromatic heterocycles. The van der Waals surface area contributed by atoms with Gasteiger partial charge in [-0.3, -0.25) is 9.69 Å². The highest BCUT2D eigenvalue weighted by molar-refractivity contribution is 6.34. The van der Waals surface area contributed by atoms with Crippen molar-refractivity contribution in [1.29, 1.82) is 0 Å². The quantitative estimate of drug-likeness (QED) is 0.814. The highest BCUT2D eigenvalue weighted by Gasteiger charge is 2.41. The summed E-state index contributed by atoms with van der Waals surface area (Å²) < 4.78 is 0. The molecule has 0 N–H and O–H groups in total. The van der Waals surface area contributed by atoms with Crippen LogP contribution in [0.2, 0.25) is 10.0 Å². The Morgan fingerprint density at radius 1 is 1.26 bits per heavy atom. The van der Waals surface area contributed by atoms with E-state index in [-0.39, 0.29) is 0 Å². The van der Waals surface area contributed by atoms with Crippen molar-refractivity contribution in [2.24, 2.45) is 0 Å². The first-order chi connectivity index (χ1) is 11.1. The lowest BCUT2D eigenvalue weighted by Crippen LogP contribution is -2.55. The molecule has 2 unspecified atom stereocenters. The Bertz CT molecular complexity index is 603. The number of amides is 1. The van der Waals surface area contributed by atoms with Gasteiger partial charge in [-0.25, -0.2) is 0 Å². The molecule has 1 amide bonds. The molecule has 2 aliphatic heterocycles. The van der Waals surface area contributed by atoms with Gasteiger partial charge in [-0.1, -0.05) is 42.3 Å². The minimum absolute atomic E-state index is 0.304. The van der Waals surface area contributed by atoms with E-state index in [0.29, 0.717) is 34.5 Å². The molecule has 2 atom stereocenters. The van der Waals surface area contributed by atoms with Crippen LogP contribution >= 0.6 is 23.2 Å². The van der Waals surface area contributed by atoms with Crippen LogP contribution in [0.1, 0.15) is 31.7 Å². The van der Waals surface area contributed by atoms with Gasteiger partial charge in [0.25, 0.3) is 0 Å². The van der Waals surface area contributed by atoms with Gasteiger partial charge in [-0.15, -0.1) is 0 Å². The minimum Gasteiger partial charge on any atom is -0.334 e. The van der Waals surface area contributed by atoms with E-state index in [2.05, 4.69) is 15.9 Å². The Balaban J connectivity index is 1.60. The van der Waals surface area contributed by atoms with Gasteiger partial charge >= 0.3 is 0 Å².